The molecule has 0 spiro atoms. The Morgan fingerprint density at radius 1 is 1.73 bits per heavy atom. The van der Waals surface area contributed by atoms with E-state index in [0.717, 1.165) is 19.4 Å². The second kappa shape index (κ2) is 4.44. The highest BCUT2D eigenvalue weighted by Crippen LogP contribution is 2.17. The second-order valence-electron chi connectivity index (χ2n) is 3.83. The number of hydrogen-bond donors (Lipinski definition) is 1. The molecule has 1 aromatic rings. The van der Waals surface area contributed by atoms with E-state index in [4.69, 9.17) is 5.11 Å². The SMILES string of the molecule is O=C(c1ccon1)N1CCCC(CO)C1. The van der Waals surface area contributed by atoms with Crippen molar-refractivity contribution in [2.75, 3.05) is 19.7 Å². The van der Waals surface area contributed by atoms with Gasteiger partial charge in [-0.2, -0.15) is 0 Å². The van der Waals surface area contributed by atoms with Crippen molar-refractivity contribution >= 4 is 5.91 Å². The summed E-state index contributed by atoms with van der Waals surface area (Å²) in [5.41, 5.74) is 0.341. The van der Waals surface area contributed by atoms with Crippen molar-refractivity contribution in [1.29, 1.82) is 0 Å². The number of aliphatic hydroxyl groups excluding tert-OH is 1. The normalized spacial score (nSPS) is 21.7. The smallest absolute Gasteiger partial charge is 0.276 e. The topological polar surface area (TPSA) is 66.6 Å². The number of amides is 1. The van der Waals surface area contributed by atoms with Crippen LogP contribution in [-0.4, -0.2) is 40.8 Å². The van der Waals surface area contributed by atoms with Crippen LogP contribution < -0.4 is 0 Å². The van der Waals surface area contributed by atoms with Gasteiger partial charge in [0.05, 0.1) is 0 Å². The van der Waals surface area contributed by atoms with Gasteiger partial charge in [-0.3, -0.25) is 4.79 Å². The lowest BCUT2D eigenvalue weighted by molar-refractivity contribution is 0.0611. The van der Waals surface area contributed by atoms with Gasteiger partial charge in [0.1, 0.15) is 6.26 Å². The maximum Gasteiger partial charge on any atom is 0.276 e. The molecular weight excluding hydrogens is 196 g/mol. The molecule has 0 saturated carbocycles. The fraction of sp³-hybridized carbons (Fsp3) is 0.600. The first-order chi connectivity index (χ1) is 7.31. The monoisotopic (exact) mass is 210 g/mol. The van der Waals surface area contributed by atoms with Gasteiger partial charge in [0.15, 0.2) is 5.69 Å². The summed E-state index contributed by atoms with van der Waals surface area (Å²) >= 11 is 0. The number of aromatic nitrogens is 1. The van der Waals surface area contributed by atoms with Crippen LogP contribution in [0.2, 0.25) is 0 Å². The lowest BCUT2D eigenvalue weighted by atomic mass is 9.99. The molecule has 1 amide bonds. The van der Waals surface area contributed by atoms with Crippen LogP contribution in [-0.2, 0) is 0 Å². The molecule has 0 bridgehead atoms. The third-order valence-electron chi connectivity index (χ3n) is 2.72. The van der Waals surface area contributed by atoms with Crippen LogP contribution in [0.3, 0.4) is 0 Å². The molecule has 2 heterocycles. The van der Waals surface area contributed by atoms with Gasteiger partial charge in [-0.15, -0.1) is 0 Å². The fourth-order valence-electron chi connectivity index (χ4n) is 1.88. The first-order valence-corrected chi connectivity index (χ1v) is 5.12. The first kappa shape index (κ1) is 10.2. The summed E-state index contributed by atoms with van der Waals surface area (Å²) in [4.78, 5) is 13.6. The van der Waals surface area contributed by atoms with Crippen molar-refractivity contribution in [2.24, 2.45) is 5.92 Å². The Morgan fingerprint density at radius 3 is 3.27 bits per heavy atom. The third kappa shape index (κ3) is 2.18. The molecule has 1 fully saturated rings. The molecule has 82 valence electrons. The highest BCUT2D eigenvalue weighted by atomic mass is 16.5. The van der Waals surface area contributed by atoms with Gasteiger partial charge in [-0.05, 0) is 18.8 Å². The lowest BCUT2D eigenvalue weighted by Gasteiger charge is -2.31. The number of likely N-dealkylation sites (tertiary alicyclic amines) is 1. The van der Waals surface area contributed by atoms with E-state index in [1.54, 1.807) is 11.0 Å². The van der Waals surface area contributed by atoms with Crippen LogP contribution in [0.4, 0.5) is 0 Å². The van der Waals surface area contributed by atoms with Gasteiger partial charge in [-0.1, -0.05) is 5.16 Å². The molecular formula is C10H14N2O3. The van der Waals surface area contributed by atoms with E-state index in [-0.39, 0.29) is 18.4 Å². The zero-order valence-electron chi connectivity index (χ0n) is 8.43. The molecule has 1 unspecified atom stereocenters. The number of carbonyl (C=O) groups excluding carboxylic acids is 1. The Kier molecular flexibility index (Phi) is 3.01. The number of piperidine rings is 1. The molecule has 0 radical (unpaired) electrons. The maximum atomic E-state index is 11.8. The minimum atomic E-state index is -0.109. The second-order valence-corrected chi connectivity index (χ2v) is 3.83. The average molecular weight is 210 g/mol. The van der Waals surface area contributed by atoms with Gasteiger partial charge in [0.25, 0.3) is 5.91 Å². The summed E-state index contributed by atoms with van der Waals surface area (Å²) in [6.45, 7) is 1.49. The molecule has 0 aliphatic carbocycles. The van der Waals surface area contributed by atoms with E-state index < -0.39 is 0 Å². The molecule has 2 rings (SSSR count). The largest absolute Gasteiger partial charge is 0.396 e. The molecule has 1 aromatic heterocycles. The van der Waals surface area contributed by atoms with E-state index in [0.29, 0.717) is 12.2 Å². The summed E-state index contributed by atoms with van der Waals surface area (Å²) < 4.78 is 4.63. The van der Waals surface area contributed by atoms with E-state index >= 15 is 0 Å². The Morgan fingerprint density at radius 2 is 2.60 bits per heavy atom. The Labute approximate surface area is 87.7 Å². The fourth-order valence-corrected chi connectivity index (χ4v) is 1.88. The van der Waals surface area contributed by atoms with Crippen molar-refractivity contribution in [3.05, 3.63) is 18.0 Å². The predicted octanol–water partition coefficient (Wildman–Crippen LogP) is 0.519. The van der Waals surface area contributed by atoms with Crippen LogP contribution in [0.5, 0.6) is 0 Å². The van der Waals surface area contributed by atoms with Crippen molar-refractivity contribution < 1.29 is 14.4 Å². The van der Waals surface area contributed by atoms with Gasteiger partial charge in [0, 0.05) is 25.8 Å². The van der Waals surface area contributed by atoms with Gasteiger partial charge < -0.3 is 14.5 Å². The zero-order valence-corrected chi connectivity index (χ0v) is 8.43. The number of carbonyl (C=O) groups is 1. The summed E-state index contributed by atoms with van der Waals surface area (Å²) in [5.74, 6) is 0.0940. The highest BCUT2D eigenvalue weighted by molar-refractivity contribution is 5.92. The van der Waals surface area contributed by atoms with Crippen LogP contribution in [0.15, 0.2) is 16.9 Å². The maximum absolute atomic E-state index is 11.8. The third-order valence-corrected chi connectivity index (χ3v) is 2.72. The number of hydrogen-bond acceptors (Lipinski definition) is 4. The van der Waals surface area contributed by atoms with Crippen molar-refractivity contribution in [2.45, 2.75) is 12.8 Å². The van der Waals surface area contributed by atoms with E-state index in [1.807, 2.05) is 0 Å². The van der Waals surface area contributed by atoms with Crippen LogP contribution >= 0.6 is 0 Å². The number of rotatable bonds is 2. The molecule has 15 heavy (non-hydrogen) atoms. The minimum Gasteiger partial charge on any atom is -0.396 e. The van der Waals surface area contributed by atoms with Crippen LogP contribution in [0.1, 0.15) is 23.3 Å². The van der Waals surface area contributed by atoms with Gasteiger partial charge >= 0.3 is 0 Å². The molecule has 5 heteroatoms. The average Bonchev–Trinajstić information content (AvgIpc) is 2.81. The molecule has 1 atom stereocenters. The Bertz CT molecular complexity index is 323. The number of nitrogens with zero attached hydrogens (tertiary/aromatic N) is 2. The molecule has 1 N–H and O–H groups in total. The first-order valence-electron chi connectivity index (χ1n) is 5.12. The van der Waals surface area contributed by atoms with Crippen molar-refractivity contribution in [3.63, 3.8) is 0 Å². The quantitative estimate of drug-likeness (QED) is 0.772. The zero-order chi connectivity index (χ0) is 10.7. The Balaban J connectivity index is 2.01. The predicted molar refractivity (Wildman–Crippen MR) is 52.2 cm³/mol. The molecule has 1 saturated heterocycles. The molecule has 0 aromatic carbocycles. The summed E-state index contributed by atoms with van der Waals surface area (Å²) in [6.07, 6.45) is 3.31. The molecule has 1 aliphatic rings. The minimum absolute atomic E-state index is 0.109. The summed E-state index contributed by atoms with van der Waals surface area (Å²) in [6, 6.07) is 1.56. The van der Waals surface area contributed by atoms with Crippen LogP contribution in [0, 0.1) is 5.92 Å². The summed E-state index contributed by atoms with van der Waals surface area (Å²) in [7, 11) is 0. The highest BCUT2D eigenvalue weighted by Gasteiger charge is 2.25. The van der Waals surface area contributed by atoms with Gasteiger partial charge in [0.2, 0.25) is 0 Å². The van der Waals surface area contributed by atoms with Crippen molar-refractivity contribution in [1.82, 2.24) is 10.1 Å². The van der Waals surface area contributed by atoms with Crippen LogP contribution in [0.25, 0.3) is 0 Å². The lowest BCUT2D eigenvalue weighted by Crippen LogP contribution is -2.41. The Hall–Kier alpha value is -1.36. The number of aliphatic hydroxyl groups is 1. The molecule has 1 aliphatic heterocycles. The molecule has 5 nitrogen and oxygen atoms in total. The van der Waals surface area contributed by atoms with E-state index in [1.165, 1.54) is 6.26 Å². The van der Waals surface area contributed by atoms with E-state index in [2.05, 4.69) is 9.68 Å². The van der Waals surface area contributed by atoms with Gasteiger partial charge in [-0.25, -0.2) is 0 Å². The summed E-state index contributed by atoms with van der Waals surface area (Å²) in [5, 5.41) is 12.7. The van der Waals surface area contributed by atoms with Crippen molar-refractivity contribution in [3.8, 4) is 0 Å². The standard InChI is InChI=1S/C10H14N2O3/c13-7-8-2-1-4-12(6-8)10(14)9-3-5-15-11-9/h3,5,8,13H,1-2,4,6-7H2. The van der Waals surface area contributed by atoms with E-state index in [9.17, 15) is 4.79 Å².